The molecule has 234 valence electrons. The fraction of sp³-hybridized carbons (Fsp3) is 0.559. The molecule has 44 heavy (non-hydrogen) atoms. The van der Waals surface area contributed by atoms with Gasteiger partial charge in [-0.25, -0.2) is 9.37 Å². The maximum absolute atomic E-state index is 15.2. The van der Waals surface area contributed by atoms with Gasteiger partial charge >= 0.3 is 0 Å². The van der Waals surface area contributed by atoms with Crippen molar-refractivity contribution >= 4 is 28.3 Å². The van der Waals surface area contributed by atoms with Crippen molar-refractivity contribution in [2.24, 2.45) is 11.1 Å². The molecule has 3 aromatic rings. The highest BCUT2D eigenvalue weighted by molar-refractivity contribution is 6.39. The summed E-state index contributed by atoms with van der Waals surface area (Å²) in [7, 11) is 0. The number of fused-ring (bicyclic) bond motifs is 1. The average Bonchev–Trinajstić information content (AvgIpc) is 3.52. The van der Waals surface area contributed by atoms with Gasteiger partial charge in [0.05, 0.1) is 23.4 Å². The third kappa shape index (κ3) is 7.17. The zero-order valence-corrected chi connectivity index (χ0v) is 25.8. The molecule has 1 saturated heterocycles. The number of aromatic amines is 1. The van der Waals surface area contributed by atoms with Crippen LogP contribution in [0.4, 0.5) is 4.39 Å². The predicted octanol–water partition coefficient (Wildman–Crippen LogP) is 6.18. The number of oxime groups is 1. The molecule has 2 fully saturated rings. The number of carbonyl (C=O) groups excluding carboxylic acids is 2. The van der Waals surface area contributed by atoms with Crippen LogP contribution in [0, 0.1) is 18.7 Å². The number of amides is 1. The number of benzene rings is 1. The summed E-state index contributed by atoms with van der Waals surface area (Å²) >= 11 is 0. The minimum absolute atomic E-state index is 0.260. The van der Waals surface area contributed by atoms with Crippen LogP contribution in [0.15, 0.2) is 35.6 Å². The van der Waals surface area contributed by atoms with Crippen LogP contribution in [0.25, 0.3) is 22.2 Å². The second kappa shape index (κ2) is 13.1. The molecule has 1 amide bonds. The molecule has 2 aromatic heterocycles. The molecule has 1 spiro atoms. The second-order valence-corrected chi connectivity index (χ2v) is 12.9. The first-order valence-corrected chi connectivity index (χ1v) is 16.2. The third-order valence-corrected chi connectivity index (χ3v) is 9.36. The second-order valence-electron chi connectivity index (χ2n) is 12.9. The highest BCUT2D eigenvalue weighted by Crippen LogP contribution is 2.37. The van der Waals surface area contributed by atoms with Gasteiger partial charge in [-0.05, 0) is 50.7 Å². The number of nitrogens with one attached hydrogen (secondary N) is 2. The Labute approximate surface area is 258 Å². The number of hydrogen-bond acceptors (Lipinski definition) is 7. The number of unbranched alkanes of at least 4 members (excludes halogenated alkanes) is 2. The standard InChI is InChI=1S/C34H43FN6O3/c1-3-25(42)7-5-4-6-8-28(32-36-20-31(38-32)26-17-24-12-9-22(2)37-29(24)18-27(26)35)39-33(43)30-19-34(44-40-30)13-15-41(16-14-34)21-23-10-11-23/h9,12,17-18,20,23,28H,3-8,10-11,13-16,19,21H2,1-2H3,(H,36,38)(H,39,43)/t28-/m0/s1. The van der Waals surface area contributed by atoms with E-state index in [1.165, 1.54) is 25.5 Å². The molecular weight excluding hydrogens is 559 g/mol. The fourth-order valence-electron chi connectivity index (χ4n) is 6.37. The number of H-pyrrole nitrogens is 1. The lowest BCUT2D eigenvalue weighted by Crippen LogP contribution is -2.46. The van der Waals surface area contributed by atoms with Gasteiger partial charge < -0.3 is 20.0 Å². The molecule has 9 nitrogen and oxygen atoms in total. The molecule has 4 heterocycles. The first kappa shape index (κ1) is 30.4. The summed E-state index contributed by atoms with van der Waals surface area (Å²) in [5.41, 5.74) is 2.37. The third-order valence-electron chi connectivity index (χ3n) is 9.36. The Morgan fingerprint density at radius 3 is 2.77 bits per heavy atom. The zero-order valence-electron chi connectivity index (χ0n) is 25.8. The van der Waals surface area contributed by atoms with Crippen LogP contribution >= 0.6 is 0 Å². The number of rotatable bonds is 13. The number of ketones is 1. The molecule has 1 aliphatic carbocycles. The van der Waals surface area contributed by atoms with Crippen molar-refractivity contribution in [3.8, 4) is 11.3 Å². The molecule has 2 aliphatic heterocycles. The molecular formula is C34H43FN6O3. The summed E-state index contributed by atoms with van der Waals surface area (Å²) in [6, 6.07) is 6.62. The molecule has 0 radical (unpaired) electrons. The smallest absolute Gasteiger partial charge is 0.269 e. The highest BCUT2D eigenvalue weighted by atomic mass is 19.1. The molecule has 6 rings (SSSR count). The number of aromatic nitrogens is 3. The van der Waals surface area contributed by atoms with E-state index in [-0.39, 0.29) is 11.7 Å². The van der Waals surface area contributed by atoms with E-state index in [1.807, 2.05) is 26.0 Å². The number of piperidine rings is 1. The van der Waals surface area contributed by atoms with Gasteiger partial charge in [-0.15, -0.1) is 0 Å². The van der Waals surface area contributed by atoms with Crippen LogP contribution in [-0.2, 0) is 14.4 Å². The van der Waals surface area contributed by atoms with Gasteiger partial charge in [-0.2, -0.15) is 0 Å². The van der Waals surface area contributed by atoms with Crippen LogP contribution < -0.4 is 5.32 Å². The number of hydrogen-bond donors (Lipinski definition) is 2. The van der Waals surface area contributed by atoms with E-state index in [0.717, 1.165) is 62.2 Å². The van der Waals surface area contributed by atoms with Crippen LogP contribution in [0.5, 0.6) is 0 Å². The Morgan fingerprint density at radius 2 is 2.00 bits per heavy atom. The van der Waals surface area contributed by atoms with Crippen molar-refractivity contribution in [1.82, 2.24) is 25.2 Å². The van der Waals surface area contributed by atoms with E-state index in [1.54, 1.807) is 12.3 Å². The molecule has 3 aliphatic rings. The fourth-order valence-corrected chi connectivity index (χ4v) is 6.37. The minimum Gasteiger partial charge on any atom is -0.388 e. The van der Waals surface area contributed by atoms with E-state index < -0.39 is 17.5 Å². The summed E-state index contributed by atoms with van der Waals surface area (Å²) in [5.74, 6) is 1.03. The summed E-state index contributed by atoms with van der Waals surface area (Å²) in [6.07, 6.45) is 10.8. The van der Waals surface area contributed by atoms with Gasteiger partial charge in [-0.3, -0.25) is 14.6 Å². The first-order chi connectivity index (χ1) is 21.3. The van der Waals surface area contributed by atoms with Crippen LogP contribution in [0.1, 0.15) is 95.1 Å². The summed E-state index contributed by atoms with van der Waals surface area (Å²) in [4.78, 5) is 46.0. The first-order valence-electron chi connectivity index (χ1n) is 16.2. The summed E-state index contributed by atoms with van der Waals surface area (Å²) < 4.78 is 15.2. The van der Waals surface area contributed by atoms with Crippen LogP contribution in [0.2, 0.25) is 0 Å². The van der Waals surface area contributed by atoms with Gasteiger partial charge in [-0.1, -0.05) is 31.0 Å². The Bertz CT molecular complexity index is 1540. The maximum atomic E-state index is 15.2. The van der Waals surface area contributed by atoms with E-state index >= 15 is 4.39 Å². The van der Waals surface area contributed by atoms with E-state index in [4.69, 9.17) is 4.84 Å². The molecule has 1 atom stereocenters. The van der Waals surface area contributed by atoms with Gasteiger partial charge in [0, 0.05) is 74.4 Å². The summed E-state index contributed by atoms with van der Waals surface area (Å²) in [6.45, 7) is 6.88. The molecule has 2 N–H and O–H groups in total. The van der Waals surface area contributed by atoms with Crippen molar-refractivity contribution in [3.05, 3.63) is 47.8 Å². The van der Waals surface area contributed by atoms with Crippen molar-refractivity contribution < 1.29 is 18.8 Å². The van der Waals surface area contributed by atoms with Crippen LogP contribution in [-0.4, -0.2) is 62.5 Å². The molecule has 1 aromatic carbocycles. The summed E-state index contributed by atoms with van der Waals surface area (Å²) in [5, 5.41) is 8.23. The van der Waals surface area contributed by atoms with Crippen molar-refractivity contribution in [2.45, 2.75) is 96.1 Å². The number of nitrogens with zero attached hydrogens (tertiary/aromatic N) is 4. The average molecular weight is 603 g/mol. The number of aryl methyl sites for hydroxylation is 1. The largest absolute Gasteiger partial charge is 0.388 e. The number of likely N-dealkylation sites (tertiary alicyclic amines) is 1. The number of imidazole rings is 1. The van der Waals surface area contributed by atoms with Crippen LogP contribution in [0.3, 0.4) is 0 Å². The van der Waals surface area contributed by atoms with Gasteiger partial charge in [0.25, 0.3) is 5.91 Å². The van der Waals surface area contributed by atoms with E-state index in [2.05, 4.69) is 30.3 Å². The Morgan fingerprint density at radius 1 is 1.18 bits per heavy atom. The highest BCUT2D eigenvalue weighted by Gasteiger charge is 2.44. The van der Waals surface area contributed by atoms with E-state index in [9.17, 15) is 9.59 Å². The lowest BCUT2D eigenvalue weighted by molar-refractivity contribution is -0.119. The van der Waals surface area contributed by atoms with Gasteiger partial charge in [0.1, 0.15) is 28.7 Å². The normalized spacial score (nSPS) is 18.8. The Hall–Kier alpha value is -3.66. The molecule has 1 saturated carbocycles. The SMILES string of the molecule is CCC(=O)CCCCC[C@H](NC(=O)C1=NOC2(CCN(CC3CC3)CC2)C1)c1ncc(-c2cc3ccc(C)nc3cc2F)[nH]1. The van der Waals surface area contributed by atoms with E-state index in [0.29, 0.717) is 54.0 Å². The van der Waals surface area contributed by atoms with Gasteiger partial charge in [0.2, 0.25) is 0 Å². The number of Topliss-reactive ketones (excluding diaryl/α,β-unsaturated/α-hetero) is 1. The predicted molar refractivity (Wildman–Crippen MR) is 168 cm³/mol. The topological polar surface area (TPSA) is 113 Å². The Kier molecular flexibility index (Phi) is 9.07. The number of carbonyl (C=O) groups is 2. The molecule has 0 unspecified atom stereocenters. The quantitative estimate of drug-likeness (QED) is 0.226. The number of halogens is 1. The maximum Gasteiger partial charge on any atom is 0.269 e. The Balaban J connectivity index is 1.13. The van der Waals surface area contributed by atoms with Gasteiger partial charge in [0.15, 0.2) is 0 Å². The molecule has 0 bridgehead atoms. The van der Waals surface area contributed by atoms with Crippen molar-refractivity contribution in [1.29, 1.82) is 0 Å². The minimum atomic E-state index is -0.425. The molecule has 10 heteroatoms. The zero-order chi connectivity index (χ0) is 30.7. The lowest BCUT2D eigenvalue weighted by atomic mass is 9.86. The van der Waals surface area contributed by atoms with Crippen molar-refractivity contribution in [3.63, 3.8) is 0 Å². The lowest BCUT2D eigenvalue weighted by Gasteiger charge is -2.37. The monoisotopic (exact) mass is 602 g/mol. The number of pyridine rings is 1. The van der Waals surface area contributed by atoms with Crippen molar-refractivity contribution in [2.75, 3.05) is 19.6 Å².